The smallest absolute Gasteiger partial charge is 0.337 e. The molecule has 0 aliphatic carbocycles. The van der Waals surface area contributed by atoms with Gasteiger partial charge in [0.2, 0.25) is 5.91 Å². The van der Waals surface area contributed by atoms with Gasteiger partial charge in [-0.15, -0.1) is 11.8 Å². The maximum absolute atomic E-state index is 11.6. The molecule has 0 aliphatic heterocycles. The van der Waals surface area contributed by atoms with Gasteiger partial charge in [0.15, 0.2) is 0 Å². The van der Waals surface area contributed by atoms with Crippen LogP contribution in [0.2, 0.25) is 0 Å². The Morgan fingerprint density at radius 3 is 2.61 bits per heavy atom. The van der Waals surface area contributed by atoms with Crippen LogP contribution in [0.15, 0.2) is 18.5 Å². The third-order valence-electron chi connectivity index (χ3n) is 1.91. The van der Waals surface area contributed by atoms with Crippen LogP contribution in [0.25, 0.3) is 0 Å². The lowest BCUT2D eigenvalue weighted by molar-refractivity contribution is -0.113. The first-order valence-corrected chi connectivity index (χ1v) is 6.38. The number of hydrogen-bond acceptors (Lipinski definition) is 4. The summed E-state index contributed by atoms with van der Waals surface area (Å²) >= 11 is 1.52. The topological polar surface area (TPSA) is 79.3 Å². The molecule has 5 nitrogen and oxygen atoms in total. The van der Waals surface area contributed by atoms with E-state index in [1.54, 1.807) is 0 Å². The number of thioether (sulfide) groups is 1. The van der Waals surface area contributed by atoms with E-state index < -0.39 is 5.97 Å². The van der Waals surface area contributed by atoms with E-state index in [2.05, 4.69) is 10.3 Å². The third-order valence-corrected chi connectivity index (χ3v) is 3.18. The summed E-state index contributed by atoms with van der Waals surface area (Å²) in [4.78, 5) is 26.1. The predicted octanol–water partition coefficient (Wildman–Crippen LogP) is 2.25. The van der Waals surface area contributed by atoms with Crippen LogP contribution in [0, 0.1) is 0 Å². The second-order valence-corrected chi connectivity index (χ2v) is 6.52. The molecule has 0 bridgehead atoms. The molecule has 1 heterocycles. The van der Waals surface area contributed by atoms with Gasteiger partial charge in [-0.2, -0.15) is 0 Å². The van der Waals surface area contributed by atoms with Gasteiger partial charge in [0.05, 0.1) is 23.2 Å². The molecule has 0 atom stereocenters. The molecule has 0 saturated heterocycles. The summed E-state index contributed by atoms with van der Waals surface area (Å²) in [6, 6.07) is 1.38. The second-order valence-electron chi connectivity index (χ2n) is 4.72. The normalized spacial score (nSPS) is 11.1. The first-order chi connectivity index (χ1) is 8.28. The number of anilines is 1. The number of amides is 1. The molecule has 0 radical (unpaired) electrons. The number of carbonyl (C=O) groups excluding carboxylic acids is 1. The number of pyridine rings is 1. The van der Waals surface area contributed by atoms with E-state index in [-0.39, 0.29) is 16.2 Å². The van der Waals surface area contributed by atoms with Crippen LogP contribution < -0.4 is 5.32 Å². The number of carbonyl (C=O) groups is 2. The first kappa shape index (κ1) is 14.5. The highest BCUT2D eigenvalue weighted by molar-refractivity contribution is 8.01. The third kappa shape index (κ3) is 5.18. The Morgan fingerprint density at radius 2 is 2.06 bits per heavy atom. The fraction of sp³-hybridized carbons (Fsp3) is 0.417. The lowest BCUT2D eigenvalue weighted by atomic mass is 10.2. The summed E-state index contributed by atoms with van der Waals surface area (Å²) in [5.41, 5.74) is 0.450. The molecule has 0 unspecified atom stereocenters. The standard InChI is InChI=1S/C12H16N2O3S/c1-12(2,3)18-7-10(15)14-9-4-8(11(16)17)5-13-6-9/h4-6H,7H2,1-3H3,(H,14,15)(H,16,17). The van der Waals surface area contributed by atoms with Gasteiger partial charge in [0.25, 0.3) is 0 Å². The molecule has 18 heavy (non-hydrogen) atoms. The maximum atomic E-state index is 11.6. The highest BCUT2D eigenvalue weighted by atomic mass is 32.2. The summed E-state index contributed by atoms with van der Waals surface area (Å²) in [6.45, 7) is 6.08. The minimum absolute atomic E-state index is 0.0124. The summed E-state index contributed by atoms with van der Waals surface area (Å²) in [6.07, 6.45) is 2.66. The molecule has 2 N–H and O–H groups in total. The SMILES string of the molecule is CC(C)(C)SCC(=O)Nc1cncc(C(=O)O)c1. The van der Waals surface area contributed by atoms with Crippen LogP contribution in [0.3, 0.4) is 0 Å². The Labute approximate surface area is 110 Å². The van der Waals surface area contributed by atoms with Gasteiger partial charge >= 0.3 is 5.97 Å². The zero-order valence-corrected chi connectivity index (χ0v) is 11.4. The van der Waals surface area contributed by atoms with Crippen LogP contribution in [-0.4, -0.2) is 32.5 Å². The van der Waals surface area contributed by atoms with Crippen LogP contribution in [-0.2, 0) is 4.79 Å². The number of aromatic nitrogens is 1. The lowest BCUT2D eigenvalue weighted by Crippen LogP contribution is -2.19. The average molecular weight is 268 g/mol. The summed E-state index contributed by atoms with van der Waals surface area (Å²) < 4.78 is 0.0124. The van der Waals surface area contributed by atoms with Crippen molar-refractivity contribution in [2.75, 3.05) is 11.1 Å². The number of aromatic carboxylic acids is 1. The minimum Gasteiger partial charge on any atom is -0.478 e. The number of carboxylic acid groups (broad SMARTS) is 1. The molecule has 0 fully saturated rings. The summed E-state index contributed by atoms with van der Waals surface area (Å²) in [7, 11) is 0. The van der Waals surface area contributed by atoms with Gasteiger partial charge in [-0.1, -0.05) is 20.8 Å². The monoisotopic (exact) mass is 268 g/mol. The minimum atomic E-state index is -1.07. The number of nitrogens with one attached hydrogen (secondary N) is 1. The Morgan fingerprint density at radius 1 is 1.39 bits per heavy atom. The Hall–Kier alpha value is -1.56. The molecule has 98 valence electrons. The van der Waals surface area contributed by atoms with Gasteiger partial charge < -0.3 is 10.4 Å². The van der Waals surface area contributed by atoms with E-state index in [0.29, 0.717) is 11.4 Å². The molecule has 1 aromatic rings. The molecule has 1 amide bonds. The molecular formula is C12H16N2O3S. The largest absolute Gasteiger partial charge is 0.478 e. The van der Waals surface area contributed by atoms with Crippen molar-refractivity contribution in [3.8, 4) is 0 Å². The summed E-state index contributed by atoms with van der Waals surface area (Å²) in [5.74, 6) is -0.914. The van der Waals surface area contributed by atoms with Crippen molar-refractivity contribution < 1.29 is 14.7 Å². The van der Waals surface area contributed by atoms with E-state index in [4.69, 9.17) is 5.11 Å². The Balaban J connectivity index is 2.59. The van der Waals surface area contributed by atoms with E-state index in [1.807, 2.05) is 20.8 Å². The van der Waals surface area contributed by atoms with E-state index in [9.17, 15) is 9.59 Å². The molecule has 1 aromatic heterocycles. The van der Waals surface area contributed by atoms with Gasteiger partial charge in [-0.05, 0) is 6.07 Å². The molecule has 6 heteroatoms. The van der Waals surface area contributed by atoms with Crippen LogP contribution >= 0.6 is 11.8 Å². The fourth-order valence-electron chi connectivity index (χ4n) is 1.10. The van der Waals surface area contributed by atoms with Gasteiger partial charge in [-0.3, -0.25) is 9.78 Å². The fourth-order valence-corrected chi connectivity index (χ4v) is 1.74. The van der Waals surface area contributed by atoms with Crippen molar-refractivity contribution in [1.29, 1.82) is 0 Å². The van der Waals surface area contributed by atoms with Crippen LogP contribution in [0.1, 0.15) is 31.1 Å². The first-order valence-electron chi connectivity index (χ1n) is 5.40. The van der Waals surface area contributed by atoms with Crippen molar-refractivity contribution in [3.05, 3.63) is 24.0 Å². The highest BCUT2D eigenvalue weighted by Gasteiger charge is 2.14. The number of nitrogens with zero attached hydrogens (tertiary/aromatic N) is 1. The van der Waals surface area contributed by atoms with Gasteiger partial charge in [0, 0.05) is 10.9 Å². The van der Waals surface area contributed by atoms with Gasteiger partial charge in [0.1, 0.15) is 0 Å². The quantitative estimate of drug-likeness (QED) is 0.875. The van der Waals surface area contributed by atoms with Crippen molar-refractivity contribution in [1.82, 2.24) is 4.98 Å². The number of carboxylic acids is 1. The molecule has 1 rings (SSSR count). The zero-order chi connectivity index (χ0) is 13.8. The summed E-state index contributed by atoms with van der Waals surface area (Å²) in [5, 5.41) is 11.4. The van der Waals surface area contributed by atoms with E-state index >= 15 is 0 Å². The molecule has 0 aromatic carbocycles. The Bertz CT molecular complexity index is 455. The molecule has 0 aliphatic rings. The maximum Gasteiger partial charge on any atom is 0.337 e. The van der Waals surface area contributed by atoms with E-state index in [0.717, 1.165) is 0 Å². The average Bonchev–Trinajstić information content (AvgIpc) is 2.26. The van der Waals surface area contributed by atoms with Crippen molar-refractivity contribution in [3.63, 3.8) is 0 Å². The molecular weight excluding hydrogens is 252 g/mol. The second kappa shape index (κ2) is 5.86. The van der Waals surface area contributed by atoms with Crippen LogP contribution in [0.5, 0.6) is 0 Å². The van der Waals surface area contributed by atoms with Crippen molar-refractivity contribution in [2.45, 2.75) is 25.5 Å². The number of rotatable bonds is 4. The lowest BCUT2D eigenvalue weighted by Gasteiger charge is -2.16. The zero-order valence-electron chi connectivity index (χ0n) is 10.6. The van der Waals surface area contributed by atoms with Crippen LogP contribution in [0.4, 0.5) is 5.69 Å². The van der Waals surface area contributed by atoms with Gasteiger partial charge in [-0.25, -0.2) is 4.79 Å². The molecule has 0 saturated carbocycles. The van der Waals surface area contributed by atoms with Crippen molar-refractivity contribution >= 4 is 29.3 Å². The highest BCUT2D eigenvalue weighted by Crippen LogP contribution is 2.23. The molecule has 0 spiro atoms. The predicted molar refractivity (Wildman–Crippen MR) is 72.0 cm³/mol. The van der Waals surface area contributed by atoms with Crippen molar-refractivity contribution in [2.24, 2.45) is 0 Å². The Kier molecular flexibility index (Phi) is 4.72. The van der Waals surface area contributed by atoms with E-state index in [1.165, 1.54) is 30.2 Å². The number of hydrogen-bond donors (Lipinski definition) is 2.